The number of imidazole rings is 1. The van der Waals surface area contributed by atoms with E-state index in [1.807, 2.05) is 34.9 Å². The van der Waals surface area contributed by atoms with Gasteiger partial charge < -0.3 is 0 Å². The lowest BCUT2D eigenvalue weighted by molar-refractivity contribution is 0.831. The maximum Gasteiger partial charge on any atom is 0.183 e. The first-order chi connectivity index (χ1) is 10.6. The van der Waals surface area contributed by atoms with Crippen LogP contribution in [-0.2, 0) is 0 Å². The molecule has 0 spiro atoms. The molecule has 0 N–H and O–H groups in total. The van der Waals surface area contributed by atoms with Gasteiger partial charge in [0, 0.05) is 6.20 Å². The minimum atomic E-state index is 0.298. The van der Waals surface area contributed by atoms with Crippen LogP contribution < -0.4 is 0 Å². The third-order valence-electron chi connectivity index (χ3n) is 3.76. The monoisotopic (exact) mass is 292 g/mol. The lowest BCUT2D eigenvalue weighted by Crippen LogP contribution is -1.88. The van der Waals surface area contributed by atoms with Crippen molar-refractivity contribution in [2.24, 2.45) is 10.2 Å². The molecule has 0 atom stereocenters. The van der Waals surface area contributed by atoms with Crippen molar-refractivity contribution in [2.45, 2.75) is 33.6 Å². The fourth-order valence-electron chi connectivity index (χ4n) is 2.55. The maximum absolute atomic E-state index is 4.68. The Bertz CT molecular complexity index is 823. The first kappa shape index (κ1) is 14.4. The van der Waals surface area contributed by atoms with E-state index >= 15 is 0 Å². The zero-order chi connectivity index (χ0) is 15.7. The Morgan fingerprint density at radius 3 is 2.36 bits per heavy atom. The van der Waals surface area contributed by atoms with Gasteiger partial charge in [0.2, 0.25) is 0 Å². The quantitative estimate of drug-likeness (QED) is 0.588. The number of aryl methyl sites for hydroxylation is 2. The zero-order valence-electron chi connectivity index (χ0n) is 13.4. The Morgan fingerprint density at radius 2 is 1.68 bits per heavy atom. The van der Waals surface area contributed by atoms with Gasteiger partial charge in [-0.1, -0.05) is 38.1 Å². The minimum absolute atomic E-state index is 0.298. The van der Waals surface area contributed by atoms with Gasteiger partial charge in [0.1, 0.15) is 5.65 Å². The smallest absolute Gasteiger partial charge is 0.183 e. The van der Waals surface area contributed by atoms with Crippen molar-refractivity contribution in [3.05, 3.63) is 59.4 Å². The molecule has 4 heteroatoms. The van der Waals surface area contributed by atoms with Crippen LogP contribution in [0.15, 0.2) is 52.8 Å². The summed E-state index contributed by atoms with van der Waals surface area (Å²) >= 11 is 0. The van der Waals surface area contributed by atoms with Gasteiger partial charge in [-0.25, -0.2) is 4.98 Å². The minimum Gasteiger partial charge on any atom is -0.283 e. The molecule has 1 aromatic carbocycles. The Labute approximate surface area is 130 Å². The standard InChI is InChI=1S/C18H20N4/c1-12(2)16-18(22-11-6-5-10-15(22)19-16)21-20-17-13(3)8-7-9-14(17)4/h5-12H,1-4H3. The fraction of sp³-hybridized carbons (Fsp3) is 0.278. The molecule has 0 unspecified atom stereocenters. The van der Waals surface area contributed by atoms with Gasteiger partial charge in [-0.05, 0) is 43.0 Å². The van der Waals surface area contributed by atoms with Crippen LogP contribution in [0.4, 0.5) is 11.5 Å². The molecule has 0 fully saturated rings. The van der Waals surface area contributed by atoms with Crippen molar-refractivity contribution < 1.29 is 0 Å². The number of benzene rings is 1. The summed E-state index contributed by atoms with van der Waals surface area (Å²) in [6.45, 7) is 8.36. The average Bonchev–Trinajstić information content (AvgIpc) is 2.86. The third kappa shape index (κ3) is 2.52. The topological polar surface area (TPSA) is 42.0 Å². The van der Waals surface area contributed by atoms with E-state index < -0.39 is 0 Å². The lowest BCUT2D eigenvalue weighted by Gasteiger charge is -2.04. The SMILES string of the molecule is Cc1cccc(C)c1N=Nc1c(C(C)C)nc2ccccn12. The fourth-order valence-corrected chi connectivity index (χ4v) is 2.55. The summed E-state index contributed by atoms with van der Waals surface area (Å²) in [5.41, 5.74) is 5.07. The Hall–Kier alpha value is -2.49. The van der Waals surface area contributed by atoms with Crippen molar-refractivity contribution in [2.75, 3.05) is 0 Å². The van der Waals surface area contributed by atoms with Crippen LogP contribution in [-0.4, -0.2) is 9.38 Å². The van der Waals surface area contributed by atoms with Crippen LogP contribution in [0.25, 0.3) is 5.65 Å². The number of hydrogen-bond donors (Lipinski definition) is 0. The van der Waals surface area contributed by atoms with Gasteiger partial charge in [-0.3, -0.25) is 4.40 Å². The zero-order valence-corrected chi connectivity index (χ0v) is 13.4. The number of fused-ring (bicyclic) bond motifs is 1. The molecule has 2 heterocycles. The van der Waals surface area contributed by atoms with Crippen LogP contribution in [0.5, 0.6) is 0 Å². The van der Waals surface area contributed by atoms with Gasteiger partial charge in [-0.2, -0.15) is 0 Å². The summed E-state index contributed by atoms with van der Waals surface area (Å²) in [7, 11) is 0. The predicted molar refractivity (Wildman–Crippen MR) is 89.4 cm³/mol. The van der Waals surface area contributed by atoms with E-state index in [1.165, 1.54) is 0 Å². The van der Waals surface area contributed by atoms with Crippen molar-refractivity contribution in [3.63, 3.8) is 0 Å². The van der Waals surface area contributed by atoms with E-state index in [-0.39, 0.29) is 0 Å². The van der Waals surface area contributed by atoms with Crippen LogP contribution >= 0.6 is 0 Å². The molecule has 0 aliphatic carbocycles. The molecule has 3 rings (SSSR count). The molecule has 0 saturated carbocycles. The van der Waals surface area contributed by atoms with Gasteiger partial charge in [0.15, 0.2) is 5.82 Å². The number of hydrogen-bond acceptors (Lipinski definition) is 3. The average molecular weight is 292 g/mol. The van der Waals surface area contributed by atoms with Crippen LogP contribution in [0.1, 0.15) is 36.6 Å². The Kier molecular flexibility index (Phi) is 3.75. The van der Waals surface area contributed by atoms with Gasteiger partial charge in [0.25, 0.3) is 0 Å². The highest BCUT2D eigenvalue weighted by Crippen LogP contribution is 2.31. The highest BCUT2D eigenvalue weighted by Gasteiger charge is 2.14. The van der Waals surface area contributed by atoms with Crippen molar-refractivity contribution in [3.8, 4) is 0 Å². The molecular weight excluding hydrogens is 272 g/mol. The second-order valence-corrected chi connectivity index (χ2v) is 5.84. The third-order valence-corrected chi connectivity index (χ3v) is 3.76. The number of nitrogens with zero attached hydrogens (tertiary/aromatic N) is 4. The highest BCUT2D eigenvalue weighted by molar-refractivity contribution is 5.55. The number of rotatable bonds is 3. The van der Waals surface area contributed by atoms with Gasteiger partial charge in [-0.15, -0.1) is 10.2 Å². The highest BCUT2D eigenvalue weighted by atomic mass is 15.2. The van der Waals surface area contributed by atoms with Gasteiger partial charge >= 0.3 is 0 Å². The first-order valence-electron chi connectivity index (χ1n) is 7.53. The maximum atomic E-state index is 4.68. The molecule has 0 bridgehead atoms. The normalized spacial score (nSPS) is 11.9. The van der Waals surface area contributed by atoms with Crippen molar-refractivity contribution in [1.29, 1.82) is 0 Å². The predicted octanol–water partition coefficient (Wildman–Crippen LogP) is 5.49. The number of pyridine rings is 1. The summed E-state index contributed by atoms with van der Waals surface area (Å²) in [5, 5.41) is 9.04. The van der Waals surface area contributed by atoms with Crippen LogP contribution in [0.2, 0.25) is 0 Å². The van der Waals surface area contributed by atoms with E-state index in [9.17, 15) is 0 Å². The largest absolute Gasteiger partial charge is 0.283 e. The molecule has 0 aliphatic heterocycles. The molecule has 0 saturated heterocycles. The molecule has 0 amide bonds. The molecule has 112 valence electrons. The lowest BCUT2D eigenvalue weighted by atomic mass is 10.1. The molecule has 4 nitrogen and oxygen atoms in total. The summed E-state index contributed by atoms with van der Waals surface area (Å²) in [4.78, 5) is 4.68. The van der Waals surface area contributed by atoms with Crippen LogP contribution in [0, 0.1) is 13.8 Å². The summed E-state index contributed by atoms with van der Waals surface area (Å²) in [6, 6.07) is 12.1. The second-order valence-electron chi connectivity index (χ2n) is 5.84. The van der Waals surface area contributed by atoms with E-state index in [0.717, 1.165) is 34.0 Å². The van der Waals surface area contributed by atoms with Crippen molar-refractivity contribution in [1.82, 2.24) is 9.38 Å². The summed E-state index contributed by atoms with van der Waals surface area (Å²) < 4.78 is 1.99. The van der Waals surface area contributed by atoms with E-state index in [2.05, 4.69) is 55.0 Å². The van der Waals surface area contributed by atoms with Crippen LogP contribution in [0.3, 0.4) is 0 Å². The first-order valence-corrected chi connectivity index (χ1v) is 7.53. The number of azo groups is 1. The Morgan fingerprint density at radius 1 is 0.955 bits per heavy atom. The molecule has 2 aromatic heterocycles. The second kappa shape index (κ2) is 5.72. The van der Waals surface area contributed by atoms with E-state index in [1.54, 1.807) is 0 Å². The van der Waals surface area contributed by atoms with E-state index in [4.69, 9.17) is 0 Å². The van der Waals surface area contributed by atoms with Crippen molar-refractivity contribution >= 4 is 17.2 Å². The number of aromatic nitrogens is 2. The molecular formula is C18H20N4. The molecule has 0 aliphatic rings. The molecule has 22 heavy (non-hydrogen) atoms. The summed E-state index contributed by atoms with van der Waals surface area (Å²) in [6.07, 6.45) is 1.98. The Balaban J connectivity index is 2.14. The molecule has 0 radical (unpaired) electrons. The summed E-state index contributed by atoms with van der Waals surface area (Å²) in [5.74, 6) is 1.11. The van der Waals surface area contributed by atoms with E-state index in [0.29, 0.717) is 5.92 Å². The molecule has 3 aromatic rings. The van der Waals surface area contributed by atoms with Gasteiger partial charge in [0.05, 0.1) is 11.4 Å².